The lowest BCUT2D eigenvalue weighted by Crippen LogP contribution is -2.42. The molecule has 1 atom stereocenters. The molecule has 0 unspecified atom stereocenters. The minimum atomic E-state index is -0.335. The van der Waals surface area contributed by atoms with Crippen LogP contribution in [0.5, 0.6) is 0 Å². The van der Waals surface area contributed by atoms with E-state index in [1.54, 1.807) is 11.0 Å². The summed E-state index contributed by atoms with van der Waals surface area (Å²) in [6, 6.07) is 4.57. The quantitative estimate of drug-likeness (QED) is 0.900. The highest BCUT2D eigenvalue weighted by atomic mass is 19.1. The zero-order valence-corrected chi connectivity index (χ0v) is 14.3. The van der Waals surface area contributed by atoms with Crippen LogP contribution in [0.1, 0.15) is 32.6 Å². The number of carbonyl (C=O) groups excluding carboxylic acids is 1. The molecule has 2 aliphatic heterocycles. The monoisotopic (exact) mass is 335 g/mol. The van der Waals surface area contributed by atoms with Gasteiger partial charge in [0.2, 0.25) is 0 Å². The van der Waals surface area contributed by atoms with E-state index in [1.165, 1.54) is 18.6 Å². The largest absolute Gasteiger partial charge is 0.380 e. The third kappa shape index (κ3) is 3.98. The Bertz CT molecular complexity index is 575. The molecule has 0 aliphatic carbocycles. The molecule has 2 heterocycles. The molecule has 1 N–H and O–H groups in total. The molecule has 0 aromatic heterocycles. The molecular weight excluding hydrogens is 309 g/mol. The number of carbonyl (C=O) groups is 1. The lowest BCUT2D eigenvalue weighted by molar-refractivity contribution is 0.143. The van der Waals surface area contributed by atoms with Crippen LogP contribution < -0.4 is 10.2 Å². The maximum Gasteiger partial charge on any atom is 0.322 e. The maximum atomic E-state index is 13.7. The van der Waals surface area contributed by atoms with Gasteiger partial charge in [0, 0.05) is 32.3 Å². The van der Waals surface area contributed by atoms with Crippen molar-refractivity contribution in [3.63, 3.8) is 0 Å². The van der Waals surface area contributed by atoms with E-state index < -0.39 is 0 Å². The Morgan fingerprint density at radius 3 is 2.79 bits per heavy atom. The highest BCUT2D eigenvalue weighted by molar-refractivity contribution is 5.93. The van der Waals surface area contributed by atoms with Gasteiger partial charge in [-0.2, -0.15) is 0 Å². The fourth-order valence-corrected chi connectivity index (χ4v) is 3.40. The Kier molecular flexibility index (Phi) is 5.56. The average Bonchev–Trinajstić information content (AvgIpc) is 2.80. The molecule has 132 valence electrons. The standard InChI is InChI=1S/C18H26FN3O2/c1-14-7-11-24-12-10-22(14)18(23)20-16-13-15(19)5-6-17(16)21-8-3-2-4-9-21/h5-6,13-14H,2-4,7-12H2,1H3,(H,20,23)/t14-/m0/s1. The van der Waals surface area contributed by atoms with Crippen molar-refractivity contribution < 1.29 is 13.9 Å². The Morgan fingerprint density at radius 1 is 1.21 bits per heavy atom. The summed E-state index contributed by atoms with van der Waals surface area (Å²) in [5, 5.41) is 2.93. The zero-order chi connectivity index (χ0) is 16.9. The number of rotatable bonds is 2. The Hall–Kier alpha value is -1.82. The maximum absolute atomic E-state index is 13.7. The van der Waals surface area contributed by atoms with E-state index >= 15 is 0 Å². The topological polar surface area (TPSA) is 44.8 Å². The minimum Gasteiger partial charge on any atom is -0.380 e. The second-order valence-electron chi connectivity index (χ2n) is 6.58. The molecule has 2 fully saturated rings. The molecule has 3 rings (SSSR count). The van der Waals surface area contributed by atoms with Gasteiger partial charge in [-0.25, -0.2) is 9.18 Å². The smallest absolute Gasteiger partial charge is 0.322 e. The molecule has 0 saturated carbocycles. The van der Waals surface area contributed by atoms with Crippen LogP contribution in [0.15, 0.2) is 18.2 Å². The van der Waals surface area contributed by atoms with Crippen LogP contribution in [0.4, 0.5) is 20.6 Å². The molecular formula is C18H26FN3O2. The number of piperidine rings is 1. The first-order valence-electron chi connectivity index (χ1n) is 8.85. The number of ether oxygens (including phenoxy) is 1. The lowest BCUT2D eigenvalue weighted by Gasteiger charge is -2.32. The number of hydrogen-bond acceptors (Lipinski definition) is 3. The summed E-state index contributed by atoms with van der Waals surface area (Å²) in [6.07, 6.45) is 4.30. The first-order valence-corrected chi connectivity index (χ1v) is 8.85. The van der Waals surface area contributed by atoms with Crippen molar-refractivity contribution in [1.29, 1.82) is 0 Å². The lowest BCUT2D eigenvalue weighted by atomic mass is 10.1. The van der Waals surface area contributed by atoms with E-state index in [9.17, 15) is 9.18 Å². The van der Waals surface area contributed by atoms with Gasteiger partial charge in [-0.1, -0.05) is 0 Å². The Labute approximate surface area is 142 Å². The third-order valence-electron chi connectivity index (χ3n) is 4.85. The van der Waals surface area contributed by atoms with Gasteiger partial charge in [0.1, 0.15) is 5.82 Å². The van der Waals surface area contributed by atoms with Gasteiger partial charge in [-0.15, -0.1) is 0 Å². The van der Waals surface area contributed by atoms with Gasteiger partial charge >= 0.3 is 6.03 Å². The Balaban J connectivity index is 1.77. The van der Waals surface area contributed by atoms with Gasteiger partial charge in [0.15, 0.2) is 0 Å². The molecule has 1 aromatic carbocycles. The molecule has 0 bridgehead atoms. The van der Waals surface area contributed by atoms with Crippen LogP contribution in [-0.2, 0) is 4.74 Å². The fourth-order valence-electron chi connectivity index (χ4n) is 3.40. The van der Waals surface area contributed by atoms with Crippen molar-refractivity contribution in [2.75, 3.05) is 43.1 Å². The predicted octanol–water partition coefficient (Wildman–Crippen LogP) is 3.46. The van der Waals surface area contributed by atoms with E-state index in [0.717, 1.165) is 38.0 Å². The first-order chi connectivity index (χ1) is 11.6. The van der Waals surface area contributed by atoms with E-state index in [-0.39, 0.29) is 17.9 Å². The van der Waals surface area contributed by atoms with Crippen molar-refractivity contribution in [2.45, 2.75) is 38.6 Å². The molecule has 2 amide bonds. The normalized spacial score (nSPS) is 22.2. The van der Waals surface area contributed by atoms with Crippen LogP contribution >= 0.6 is 0 Å². The van der Waals surface area contributed by atoms with Crippen molar-refractivity contribution in [3.8, 4) is 0 Å². The number of nitrogens with one attached hydrogen (secondary N) is 1. The summed E-state index contributed by atoms with van der Waals surface area (Å²) in [4.78, 5) is 16.7. The van der Waals surface area contributed by atoms with Crippen molar-refractivity contribution >= 4 is 17.4 Å². The summed E-state index contributed by atoms with van der Waals surface area (Å²) < 4.78 is 19.2. The molecule has 2 saturated heterocycles. The number of nitrogens with zero attached hydrogens (tertiary/aromatic N) is 2. The highest BCUT2D eigenvalue weighted by Gasteiger charge is 2.24. The van der Waals surface area contributed by atoms with Gasteiger partial charge in [-0.3, -0.25) is 0 Å². The number of benzene rings is 1. The second kappa shape index (κ2) is 7.83. The number of amides is 2. The van der Waals surface area contributed by atoms with Crippen LogP contribution in [0.25, 0.3) is 0 Å². The van der Waals surface area contributed by atoms with Gasteiger partial charge in [0.25, 0.3) is 0 Å². The van der Waals surface area contributed by atoms with Gasteiger partial charge < -0.3 is 19.9 Å². The van der Waals surface area contributed by atoms with Gasteiger partial charge in [0.05, 0.1) is 18.0 Å². The molecule has 6 heteroatoms. The molecule has 0 spiro atoms. The van der Waals surface area contributed by atoms with E-state index in [1.807, 2.05) is 6.92 Å². The van der Waals surface area contributed by atoms with Crippen LogP contribution in [0.3, 0.4) is 0 Å². The zero-order valence-electron chi connectivity index (χ0n) is 14.3. The highest BCUT2D eigenvalue weighted by Crippen LogP contribution is 2.30. The molecule has 0 radical (unpaired) electrons. The number of anilines is 2. The summed E-state index contributed by atoms with van der Waals surface area (Å²) >= 11 is 0. The SMILES string of the molecule is C[C@H]1CCOCCN1C(=O)Nc1cc(F)ccc1N1CCCCC1. The summed E-state index contributed by atoms with van der Waals surface area (Å²) in [6.45, 7) is 5.68. The first kappa shape index (κ1) is 17.0. The minimum absolute atomic E-state index is 0.111. The summed E-state index contributed by atoms with van der Waals surface area (Å²) in [5.74, 6) is -0.335. The molecule has 5 nitrogen and oxygen atoms in total. The Morgan fingerprint density at radius 2 is 2.00 bits per heavy atom. The number of urea groups is 1. The molecule has 2 aliphatic rings. The molecule has 1 aromatic rings. The van der Waals surface area contributed by atoms with Crippen LogP contribution in [-0.4, -0.2) is 49.8 Å². The van der Waals surface area contributed by atoms with Crippen molar-refractivity contribution in [2.24, 2.45) is 0 Å². The van der Waals surface area contributed by atoms with Crippen molar-refractivity contribution in [3.05, 3.63) is 24.0 Å². The summed E-state index contributed by atoms with van der Waals surface area (Å²) in [7, 11) is 0. The second-order valence-corrected chi connectivity index (χ2v) is 6.58. The fraction of sp³-hybridized carbons (Fsp3) is 0.611. The van der Waals surface area contributed by atoms with Crippen molar-refractivity contribution in [1.82, 2.24) is 4.90 Å². The van der Waals surface area contributed by atoms with Gasteiger partial charge in [-0.05, 0) is 50.8 Å². The third-order valence-corrected chi connectivity index (χ3v) is 4.85. The van der Waals surface area contributed by atoms with E-state index in [2.05, 4.69) is 10.2 Å². The predicted molar refractivity (Wildman–Crippen MR) is 93.1 cm³/mol. The number of halogens is 1. The summed E-state index contributed by atoms with van der Waals surface area (Å²) in [5.41, 5.74) is 1.46. The van der Waals surface area contributed by atoms with Crippen LogP contribution in [0.2, 0.25) is 0 Å². The van der Waals surface area contributed by atoms with E-state index in [4.69, 9.17) is 4.74 Å². The average molecular weight is 335 g/mol. The molecule has 24 heavy (non-hydrogen) atoms. The van der Waals surface area contributed by atoms with E-state index in [0.29, 0.717) is 25.4 Å². The van der Waals surface area contributed by atoms with Crippen LogP contribution in [0, 0.1) is 5.82 Å². The number of hydrogen-bond donors (Lipinski definition) is 1.